The van der Waals surface area contributed by atoms with Crippen molar-refractivity contribution >= 4 is 51.0 Å². The smallest absolute Gasteiger partial charge is 0.268 e. The Morgan fingerprint density at radius 3 is 2.91 bits per heavy atom. The van der Waals surface area contributed by atoms with Crippen LogP contribution in [0.15, 0.2) is 23.8 Å². The SMILES string of the molecule is CCc1nnc(NC(=O)C(C#N)=Cc2ccc(I)cc2F)s1. The number of amides is 1. The van der Waals surface area contributed by atoms with Crippen LogP contribution in [0.1, 0.15) is 17.5 Å². The summed E-state index contributed by atoms with van der Waals surface area (Å²) < 4.78 is 14.5. The monoisotopic (exact) mass is 428 g/mol. The average molecular weight is 428 g/mol. The predicted molar refractivity (Wildman–Crippen MR) is 90.6 cm³/mol. The van der Waals surface area contributed by atoms with E-state index in [1.807, 2.05) is 29.5 Å². The highest BCUT2D eigenvalue weighted by Crippen LogP contribution is 2.18. The van der Waals surface area contributed by atoms with E-state index in [0.717, 1.165) is 8.58 Å². The Hall–Kier alpha value is -1.86. The number of carbonyl (C=O) groups is 1. The van der Waals surface area contributed by atoms with E-state index in [0.29, 0.717) is 11.6 Å². The van der Waals surface area contributed by atoms with Crippen LogP contribution in [-0.4, -0.2) is 16.1 Å². The number of hydrogen-bond acceptors (Lipinski definition) is 5. The maximum absolute atomic E-state index is 13.8. The van der Waals surface area contributed by atoms with Crippen LogP contribution in [0.4, 0.5) is 9.52 Å². The summed E-state index contributed by atoms with van der Waals surface area (Å²) in [4.78, 5) is 12.0. The van der Waals surface area contributed by atoms with Crippen LogP contribution in [-0.2, 0) is 11.2 Å². The summed E-state index contributed by atoms with van der Waals surface area (Å²) in [5.74, 6) is -1.13. The lowest BCUT2D eigenvalue weighted by atomic mass is 10.1. The Morgan fingerprint density at radius 1 is 1.55 bits per heavy atom. The van der Waals surface area contributed by atoms with Gasteiger partial charge in [-0.3, -0.25) is 10.1 Å². The van der Waals surface area contributed by atoms with Gasteiger partial charge in [-0.05, 0) is 47.2 Å². The third-order valence-corrected chi connectivity index (χ3v) is 4.27. The van der Waals surface area contributed by atoms with Gasteiger partial charge in [-0.15, -0.1) is 10.2 Å². The first-order valence-electron chi connectivity index (χ1n) is 6.24. The van der Waals surface area contributed by atoms with Gasteiger partial charge in [-0.1, -0.05) is 24.3 Å². The Kier molecular flexibility index (Phi) is 5.57. The molecule has 1 N–H and O–H groups in total. The summed E-state index contributed by atoms with van der Waals surface area (Å²) in [6.45, 7) is 1.92. The molecule has 0 aliphatic heterocycles. The lowest BCUT2D eigenvalue weighted by Gasteiger charge is -2.01. The molecule has 0 bridgehead atoms. The molecular formula is C14H10FIN4OS. The number of aryl methyl sites for hydroxylation is 1. The third kappa shape index (κ3) is 4.08. The average Bonchev–Trinajstić information content (AvgIpc) is 2.94. The molecule has 112 valence electrons. The van der Waals surface area contributed by atoms with Gasteiger partial charge in [-0.2, -0.15) is 5.26 Å². The zero-order chi connectivity index (χ0) is 16.1. The molecule has 0 saturated heterocycles. The zero-order valence-electron chi connectivity index (χ0n) is 11.4. The normalized spacial score (nSPS) is 11.1. The first kappa shape index (κ1) is 16.5. The molecule has 22 heavy (non-hydrogen) atoms. The van der Waals surface area contributed by atoms with Crippen LogP contribution < -0.4 is 5.32 Å². The molecule has 2 rings (SSSR count). The molecule has 1 amide bonds. The summed E-state index contributed by atoms with van der Waals surface area (Å²) in [5.41, 5.74) is -0.0213. The molecule has 1 aromatic heterocycles. The standard InChI is InChI=1S/C14H10FIN4OS/c1-2-12-19-20-14(22-12)18-13(21)9(7-17)5-8-3-4-10(16)6-11(8)15/h3-6H,2H2,1H3,(H,18,20,21). The molecule has 0 atom stereocenters. The number of nitrogens with zero attached hydrogens (tertiary/aromatic N) is 3. The summed E-state index contributed by atoms with van der Waals surface area (Å²) in [7, 11) is 0. The fourth-order valence-corrected chi connectivity index (χ4v) is 2.66. The largest absolute Gasteiger partial charge is 0.296 e. The van der Waals surface area contributed by atoms with E-state index >= 15 is 0 Å². The minimum atomic E-state index is -0.640. The van der Waals surface area contributed by atoms with E-state index in [2.05, 4.69) is 15.5 Å². The predicted octanol–water partition coefficient (Wildman–Crippen LogP) is 3.39. The molecule has 0 saturated carbocycles. The lowest BCUT2D eigenvalue weighted by Crippen LogP contribution is -2.13. The van der Waals surface area contributed by atoms with Gasteiger partial charge in [0.2, 0.25) is 5.13 Å². The summed E-state index contributed by atoms with van der Waals surface area (Å²) in [6.07, 6.45) is 1.92. The molecule has 0 aliphatic carbocycles. The van der Waals surface area contributed by atoms with Crippen LogP contribution in [0, 0.1) is 20.7 Å². The number of carbonyl (C=O) groups excluding carboxylic acids is 1. The number of benzene rings is 1. The number of halogens is 2. The van der Waals surface area contributed by atoms with Gasteiger partial charge in [0.15, 0.2) is 0 Å². The van der Waals surface area contributed by atoms with E-state index in [4.69, 9.17) is 5.26 Å². The molecule has 8 heteroatoms. The summed E-state index contributed by atoms with van der Waals surface area (Å²) in [6, 6.07) is 6.31. The fourth-order valence-electron chi connectivity index (χ4n) is 1.53. The number of nitriles is 1. The van der Waals surface area contributed by atoms with Crippen LogP contribution in [0.25, 0.3) is 6.08 Å². The van der Waals surface area contributed by atoms with Crippen molar-refractivity contribution < 1.29 is 9.18 Å². The molecule has 0 fully saturated rings. The van der Waals surface area contributed by atoms with Gasteiger partial charge in [0.25, 0.3) is 5.91 Å². The Balaban J connectivity index is 2.21. The van der Waals surface area contributed by atoms with Crippen LogP contribution in [0.5, 0.6) is 0 Å². The van der Waals surface area contributed by atoms with Crippen molar-refractivity contribution in [3.05, 3.63) is 43.7 Å². The molecule has 1 heterocycles. The second-order valence-corrected chi connectivity index (χ2v) is 6.45. The maximum Gasteiger partial charge on any atom is 0.268 e. The third-order valence-electron chi connectivity index (χ3n) is 2.62. The summed E-state index contributed by atoms with van der Waals surface area (Å²) in [5, 5.41) is 20.4. The van der Waals surface area contributed by atoms with Crippen LogP contribution >= 0.6 is 33.9 Å². The fraction of sp³-hybridized carbons (Fsp3) is 0.143. The van der Waals surface area contributed by atoms with E-state index in [9.17, 15) is 9.18 Å². The maximum atomic E-state index is 13.8. The van der Waals surface area contributed by atoms with Crippen molar-refractivity contribution in [1.82, 2.24) is 10.2 Å². The highest BCUT2D eigenvalue weighted by Gasteiger charge is 2.13. The van der Waals surface area contributed by atoms with Crippen molar-refractivity contribution in [3.63, 3.8) is 0 Å². The van der Waals surface area contributed by atoms with Gasteiger partial charge >= 0.3 is 0 Å². The first-order valence-corrected chi connectivity index (χ1v) is 8.13. The molecular weight excluding hydrogens is 418 g/mol. The Labute approximate surface area is 144 Å². The van der Waals surface area contributed by atoms with E-state index < -0.39 is 11.7 Å². The Morgan fingerprint density at radius 2 is 2.32 bits per heavy atom. The quantitative estimate of drug-likeness (QED) is 0.460. The van der Waals surface area contributed by atoms with E-state index in [1.165, 1.54) is 29.5 Å². The van der Waals surface area contributed by atoms with Gasteiger partial charge in [-0.25, -0.2) is 4.39 Å². The van der Waals surface area contributed by atoms with Gasteiger partial charge < -0.3 is 0 Å². The number of nitrogens with one attached hydrogen (secondary N) is 1. The van der Waals surface area contributed by atoms with Crippen molar-refractivity contribution in [2.45, 2.75) is 13.3 Å². The molecule has 0 aliphatic rings. The highest BCUT2D eigenvalue weighted by atomic mass is 127. The second-order valence-electron chi connectivity index (χ2n) is 4.14. The number of anilines is 1. The summed E-state index contributed by atoms with van der Waals surface area (Å²) >= 11 is 3.22. The second kappa shape index (κ2) is 7.42. The molecule has 0 spiro atoms. The molecule has 5 nitrogen and oxygen atoms in total. The topological polar surface area (TPSA) is 78.7 Å². The first-order chi connectivity index (χ1) is 10.5. The van der Waals surface area contributed by atoms with Crippen LogP contribution in [0.2, 0.25) is 0 Å². The number of hydrogen-bond donors (Lipinski definition) is 1. The van der Waals surface area contributed by atoms with Crippen LogP contribution in [0.3, 0.4) is 0 Å². The van der Waals surface area contributed by atoms with E-state index in [1.54, 1.807) is 12.1 Å². The Bertz CT molecular complexity index is 781. The molecule has 2 aromatic rings. The van der Waals surface area contributed by atoms with Crippen molar-refractivity contribution in [3.8, 4) is 6.07 Å². The molecule has 0 radical (unpaired) electrons. The minimum Gasteiger partial charge on any atom is -0.296 e. The van der Waals surface area contributed by atoms with Gasteiger partial charge in [0.1, 0.15) is 22.5 Å². The zero-order valence-corrected chi connectivity index (χ0v) is 14.4. The number of rotatable bonds is 4. The highest BCUT2D eigenvalue weighted by molar-refractivity contribution is 14.1. The van der Waals surface area contributed by atoms with Crippen molar-refractivity contribution in [1.29, 1.82) is 5.26 Å². The minimum absolute atomic E-state index is 0.179. The molecule has 1 aromatic carbocycles. The van der Waals surface area contributed by atoms with Gasteiger partial charge in [0, 0.05) is 9.13 Å². The lowest BCUT2D eigenvalue weighted by molar-refractivity contribution is -0.112. The molecule has 0 unspecified atom stereocenters. The van der Waals surface area contributed by atoms with Gasteiger partial charge in [0.05, 0.1) is 0 Å². The van der Waals surface area contributed by atoms with Crippen molar-refractivity contribution in [2.24, 2.45) is 0 Å². The van der Waals surface area contributed by atoms with Crippen molar-refractivity contribution in [2.75, 3.05) is 5.32 Å². The number of aromatic nitrogens is 2. The van der Waals surface area contributed by atoms with E-state index in [-0.39, 0.29) is 11.1 Å².